The predicted octanol–water partition coefficient (Wildman–Crippen LogP) is 4.83. The SMILES string of the molecule is Cc1cc(-c2ccccc2)nc2sc3c(N4CCNCC4)nc(OC(C)C)nc3c12.Cl. The zero-order valence-electron chi connectivity index (χ0n) is 17.9. The van der Waals surface area contributed by atoms with Gasteiger partial charge in [-0.05, 0) is 32.4 Å². The number of aromatic nitrogens is 3. The number of fused-ring (bicyclic) bond motifs is 3. The molecule has 4 aromatic rings. The number of nitrogens with zero attached hydrogens (tertiary/aromatic N) is 4. The Labute approximate surface area is 192 Å². The lowest BCUT2D eigenvalue weighted by Crippen LogP contribution is -2.44. The van der Waals surface area contributed by atoms with Gasteiger partial charge < -0.3 is 15.0 Å². The fraction of sp³-hybridized carbons (Fsp3) is 0.348. The Kier molecular flexibility index (Phi) is 6.27. The van der Waals surface area contributed by atoms with E-state index in [4.69, 9.17) is 19.7 Å². The van der Waals surface area contributed by atoms with E-state index in [2.05, 4.69) is 35.3 Å². The van der Waals surface area contributed by atoms with Gasteiger partial charge in [0.1, 0.15) is 10.3 Å². The molecule has 0 aliphatic carbocycles. The molecule has 4 heterocycles. The number of thiophene rings is 1. The highest BCUT2D eigenvalue weighted by molar-refractivity contribution is 7.26. The van der Waals surface area contributed by atoms with Gasteiger partial charge >= 0.3 is 6.01 Å². The van der Waals surface area contributed by atoms with Crippen LogP contribution in [0.4, 0.5) is 5.82 Å². The fourth-order valence-electron chi connectivity index (χ4n) is 3.90. The Morgan fingerprint density at radius 1 is 1.06 bits per heavy atom. The average Bonchev–Trinajstić information content (AvgIpc) is 3.13. The average molecular weight is 456 g/mol. The molecule has 0 unspecified atom stereocenters. The molecule has 162 valence electrons. The van der Waals surface area contributed by atoms with Crippen LogP contribution in [0.15, 0.2) is 36.4 Å². The minimum Gasteiger partial charge on any atom is -0.461 e. The quantitative estimate of drug-likeness (QED) is 0.475. The van der Waals surface area contributed by atoms with Gasteiger partial charge in [-0.3, -0.25) is 0 Å². The van der Waals surface area contributed by atoms with Crippen LogP contribution in [0.5, 0.6) is 6.01 Å². The molecular weight excluding hydrogens is 430 g/mol. The molecule has 1 aliphatic heterocycles. The van der Waals surface area contributed by atoms with Crippen molar-refractivity contribution in [3.05, 3.63) is 42.0 Å². The molecule has 1 fully saturated rings. The molecule has 1 aliphatic rings. The number of pyridine rings is 1. The molecule has 3 aromatic heterocycles. The van der Waals surface area contributed by atoms with Gasteiger partial charge in [0.15, 0.2) is 5.82 Å². The van der Waals surface area contributed by atoms with Gasteiger partial charge in [0.05, 0.1) is 16.5 Å². The third-order valence-electron chi connectivity index (χ3n) is 5.27. The minimum atomic E-state index is 0. The van der Waals surface area contributed by atoms with Crippen molar-refractivity contribution in [2.75, 3.05) is 31.1 Å². The summed E-state index contributed by atoms with van der Waals surface area (Å²) in [7, 11) is 0. The Morgan fingerprint density at radius 3 is 2.52 bits per heavy atom. The maximum atomic E-state index is 5.92. The number of aryl methyl sites for hydroxylation is 1. The normalized spacial score (nSPS) is 14.3. The van der Waals surface area contributed by atoms with Crippen LogP contribution < -0.4 is 15.0 Å². The summed E-state index contributed by atoms with van der Waals surface area (Å²) in [4.78, 5) is 18.0. The molecule has 1 N–H and O–H groups in total. The third-order valence-corrected chi connectivity index (χ3v) is 6.34. The van der Waals surface area contributed by atoms with Crippen LogP contribution in [-0.4, -0.2) is 47.2 Å². The van der Waals surface area contributed by atoms with E-state index in [-0.39, 0.29) is 18.5 Å². The van der Waals surface area contributed by atoms with Crippen LogP contribution in [0.1, 0.15) is 19.4 Å². The van der Waals surface area contributed by atoms with Crippen molar-refractivity contribution in [2.45, 2.75) is 26.9 Å². The molecule has 1 saturated heterocycles. The third kappa shape index (κ3) is 4.18. The first-order chi connectivity index (χ1) is 14.6. The zero-order valence-corrected chi connectivity index (χ0v) is 19.5. The summed E-state index contributed by atoms with van der Waals surface area (Å²) in [6.45, 7) is 9.88. The number of hydrogen-bond donors (Lipinski definition) is 1. The van der Waals surface area contributed by atoms with Gasteiger partial charge in [0, 0.05) is 37.1 Å². The second-order valence-electron chi connectivity index (χ2n) is 7.88. The van der Waals surface area contributed by atoms with Crippen molar-refractivity contribution in [1.29, 1.82) is 0 Å². The van der Waals surface area contributed by atoms with E-state index in [0.717, 1.165) is 63.7 Å². The highest BCUT2D eigenvalue weighted by Crippen LogP contribution is 2.40. The smallest absolute Gasteiger partial charge is 0.319 e. The molecule has 5 rings (SSSR count). The van der Waals surface area contributed by atoms with E-state index in [1.807, 2.05) is 32.0 Å². The topological polar surface area (TPSA) is 63.2 Å². The highest BCUT2D eigenvalue weighted by atomic mass is 35.5. The summed E-state index contributed by atoms with van der Waals surface area (Å²) in [6, 6.07) is 12.9. The molecule has 1 aromatic carbocycles. The van der Waals surface area contributed by atoms with Crippen LogP contribution in [0.3, 0.4) is 0 Å². The van der Waals surface area contributed by atoms with Crippen molar-refractivity contribution in [3.63, 3.8) is 0 Å². The molecule has 0 saturated carbocycles. The van der Waals surface area contributed by atoms with Gasteiger partial charge in [-0.2, -0.15) is 9.97 Å². The molecule has 0 amide bonds. The van der Waals surface area contributed by atoms with Gasteiger partial charge in [0.2, 0.25) is 0 Å². The van der Waals surface area contributed by atoms with E-state index in [0.29, 0.717) is 6.01 Å². The second-order valence-corrected chi connectivity index (χ2v) is 8.88. The van der Waals surface area contributed by atoms with Crippen LogP contribution in [0, 0.1) is 6.92 Å². The number of halogens is 1. The van der Waals surface area contributed by atoms with E-state index in [1.54, 1.807) is 11.3 Å². The second kappa shape index (κ2) is 8.94. The maximum Gasteiger partial charge on any atom is 0.319 e. The number of piperazine rings is 1. The summed E-state index contributed by atoms with van der Waals surface area (Å²) < 4.78 is 7.01. The summed E-state index contributed by atoms with van der Waals surface area (Å²) >= 11 is 1.68. The van der Waals surface area contributed by atoms with Crippen LogP contribution in [-0.2, 0) is 0 Å². The van der Waals surface area contributed by atoms with Gasteiger partial charge in [-0.15, -0.1) is 23.7 Å². The first kappa shape index (κ1) is 21.7. The van der Waals surface area contributed by atoms with Gasteiger partial charge in [0.25, 0.3) is 0 Å². The van der Waals surface area contributed by atoms with Crippen LogP contribution >= 0.6 is 23.7 Å². The van der Waals surface area contributed by atoms with Crippen molar-refractivity contribution in [1.82, 2.24) is 20.3 Å². The van der Waals surface area contributed by atoms with E-state index < -0.39 is 0 Å². The summed E-state index contributed by atoms with van der Waals surface area (Å²) in [5.74, 6) is 0.959. The van der Waals surface area contributed by atoms with Crippen molar-refractivity contribution < 1.29 is 4.74 Å². The molecule has 6 nitrogen and oxygen atoms in total. The lowest BCUT2D eigenvalue weighted by Gasteiger charge is -2.28. The molecule has 0 spiro atoms. The minimum absolute atomic E-state index is 0. The predicted molar refractivity (Wildman–Crippen MR) is 131 cm³/mol. The van der Waals surface area contributed by atoms with Gasteiger partial charge in [-0.25, -0.2) is 4.98 Å². The summed E-state index contributed by atoms with van der Waals surface area (Å²) in [5.41, 5.74) is 4.23. The Balaban J connectivity index is 0.00000231. The number of benzene rings is 1. The molecule has 0 bridgehead atoms. The van der Waals surface area contributed by atoms with Crippen LogP contribution in [0.25, 0.3) is 31.7 Å². The molecule has 0 atom stereocenters. The number of anilines is 1. The maximum absolute atomic E-state index is 5.92. The monoisotopic (exact) mass is 455 g/mol. The van der Waals surface area contributed by atoms with Crippen molar-refractivity contribution in [2.24, 2.45) is 0 Å². The van der Waals surface area contributed by atoms with Crippen molar-refractivity contribution in [3.8, 4) is 17.3 Å². The first-order valence-electron chi connectivity index (χ1n) is 10.4. The standard InChI is InChI=1S/C23H25N5OS.ClH/c1-14(2)29-23-26-19-18-15(3)13-17(16-7-5-4-6-8-16)25-22(18)30-20(19)21(27-23)28-11-9-24-10-12-28;/h4-8,13-14,24H,9-12H2,1-3H3;1H. The van der Waals surface area contributed by atoms with E-state index >= 15 is 0 Å². The highest BCUT2D eigenvalue weighted by Gasteiger charge is 2.23. The number of nitrogens with one attached hydrogen (secondary N) is 1. The Hall–Kier alpha value is -2.48. The van der Waals surface area contributed by atoms with Crippen LogP contribution in [0.2, 0.25) is 0 Å². The molecule has 8 heteroatoms. The number of ether oxygens (including phenoxy) is 1. The molecule has 0 radical (unpaired) electrons. The largest absolute Gasteiger partial charge is 0.461 e. The zero-order chi connectivity index (χ0) is 20.7. The summed E-state index contributed by atoms with van der Waals surface area (Å²) in [5, 5.41) is 4.51. The Bertz CT molecular complexity index is 1210. The first-order valence-corrected chi connectivity index (χ1v) is 11.2. The van der Waals surface area contributed by atoms with E-state index in [9.17, 15) is 0 Å². The number of rotatable bonds is 4. The Morgan fingerprint density at radius 2 is 1.81 bits per heavy atom. The fourth-order valence-corrected chi connectivity index (χ4v) is 5.10. The van der Waals surface area contributed by atoms with Gasteiger partial charge in [-0.1, -0.05) is 30.3 Å². The van der Waals surface area contributed by atoms with Crippen molar-refractivity contribution >= 4 is 50.0 Å². The molecule has 31 heavy (non-hydrogen) atoms. The lowest BCUT2D eigenvalue weighted by atomic mass is 10.1. The van der Waals surface area contributed by atoms with E-state index in [1.165, 1.54) is 5.56 Å². The lowest BCUT2D eigenvalue weighted by molar-refractivity contribution is 0.223. The summed E-state index contributed by atoms with van der Waals surface area (Å²) in [6.07, 6.45) is 0.0205. The number of hydrogen-bond acceptors (Lipinski definition) is 7. The molecular formula is C23H26ClN5OS.